The van der Waals surface area contributed by atoms with Crippen LogP contribution in [0, 0.1) is 0 Å². The van der Waals surface area contributed by atoms with Crippen molar-refractivity contribution in [2.24, 2.45) is 0 Å². The minimum Gasteiger partial charge on any atom is -0.462 e. The van der Waals surface area contributed by atoms with Gasteiger partial charge in [-0.15, -0.1) is 0 Å². The lowest BCUT2D eigenvalue weighted by Crippen LogP contribution is -2.20. The van der Waals surface area contributed by atoms with Crippen LogP contribution in [-0.4, -0.2) is 31.6 Å². The van der Waals surface area contributed by atoms with E-state index in [1.165, 1.54) is 6.08 Å². The second-order valence-corrected chi connectivity index (χ2v) is 2.51. The first kappa shape index (κ1) is 13.8. The number of hydrogen-bond donors (Lipinski definition) is 0. The summed E-state index contributed by atoms with van der Waals surface area (Å²) < 4.78 is 4.70. The molecule has 0 aromatic rings. The normalized spacial score (nSPS) is 11.3. The van der Waals surface area contributed by atoms with Crippen molar-refractivity contribution >= 4 is 11.8 Å². The summed E-state index contributed by atoms with van der Waals surface area (Å²) in [5.41, 5.74) is -0.0171. The molecule has 0 aliphatic heterocycles. The maximum absolute atomic E-state index is 11.4. The van der Waals surface area contributed by atoms with E-state index in [4.69, 9.17) is 4.74 Å². The molecule has 0 bridgehead atoms. The summed E-state index contributed by atoms with van der Waals surface area (Å²) in [6.07, 6.45) is 1.40. The molecule has 0 aliphatic rings. The SMILES string of the molecule is C/C=C(/C(=O)COOCC)C(=O)OCC. The lowest BCUT2D eigenvalue weighted by atomic mass is 10.2. The molecule has 0 atom stereocenters. The zero-order chi connectivity index (χ0) is 11.7. The molecule has 0 heterocycles. The van der Waals surface area contributed by atoms with Crippen LogP contribution in [0.3, 0.4) is 0 Å². The topological polar surface area (TPSA) is 61.8 Å². The van der Waals surface area contributed by atoms with Gasteiger partial charge in [-0.25, -0.2) is 14.6 Å². The molecule has 86 valence electrons. The Bertz CT molecular complexity index is 244. The van der Waals surface area contributed by atoms with Crippen molar-refractivity contribution in [3.05, 3.63) is 11.6 Å². The molecule has 0 N–H and O–H groups in total. The van der Waals surface area contributed by atoms with E-state index in [9.17, 15) is 9.59 Å². The third-order valence-electron chi connectivity index (χ3n) is 1.48. The van der Waals surface area contributed by atoms with Crippen LogP contribution < -0.4 is 0 Å². The average molecular weight is 216 g/mol. The highest BCUT2D eigenvalue weighted by atomic mass is 17.2. The van der Waals surface area contributed by atoms with E-state index >= 15 is 0 Å². The van der Waals surface area contributed by atoms with Crippen molar-refractivity contribution in [2.45, 2.75) is 20.8 Å². The maximum Gasteiger partial charge on any atom is 0.341 e. The zero-order valence-corrected chi connectivity index (χ0v) is 9.24. The fraction of sp³-hybridized carbons (Fsp3) is 0.600. The molecule has 15 heavy (non-hydrogen) atoms. The number of ketones is 1. The quantitative estimate of drug-likeness (QED) is 0.121. The molecule has 0 unspecified atom stereocenters. The molecule has 0 saturated carbocycles. The molecule has 0 saturated heterocycles. The van der Waals surface area contributed by atoms with Crippen molar-refractivity contribution < 1.29 is 24.1 Å². The van der Waals surface area contributed by atoms with Gasteiger partial charge >= 0.3 is 5.97 Å². The number of Topliss-reactive ketones (excluding diaryl/α,β-unsaturated/α-hetero) is 1. The molecule has 0 radical (unpaired) electrons. The van der Waals surface area contributed by atoms with E-state index in [1.807, 2.05) is 0 Å². The summed E-state index contributed by atoms with van der Waals surface area (Å²) >= 11 is 0. The second-order valence-electron chi connectivity index (χ2n) is 2.51. The Hall–Kier alpha value is -1.20. The van der Waals surface area contributed by atoms with Crippen LogP contribution in [0.1, 0.15) is 20.8 Å². The number of rotatable bonds is 7. The first-order chi connectivity index (χ1) is 7.17. The van der Waals surface area contributed by atoms with Gasteiger partial charge in [-0.2, -0.15) is 0 Å². The number of esters is 1. The molecule has 0 spiro atoms. The third-order valence-corrected chi connectivity index (χ3v) is 1.48. The Kier molecular flexibility index (Phi) is 7.49. The summed E-state index contributed by atoms with van der Waals surface area (Å²) in [5.74, 6) is -1.09. The van der Waals surface area contributed by atoms with Crippen LogP contribution in [-0.2, 0) is 24.1 Å². The van der Waals surface area contributed by atoms with E-state index in [0.717, 1.165) is 0 Å². The van der Waals surface area contributed by atoms with Crippen LogP contribution in [0.5, 0.6) is 0 Å². The number of carbonyl (C=O) groups is 2. The number of carbonyl (C=O) groups excluding carboxylic acids is 2. The molecule has 0 amide bonds. The molecular formula is C10H16O5. The summed E-state index contributed by atoms with van der Waals surface area (Å²) in [4.78, 5) is 31.7. The zero-order valence-electron chi connectivity index (χ0n) is 9.24. The Morgan fingerprint density at radius 3 is 2.27 bits per heavy atom. The lowest BCUT2D eigenvalue weighted by molar-refractivity contribution is -0.284. The molecule has 5 nitrogen and oxygen atoms in total. The van der Waals surface area contributed by atoms with Gasteiger partial charge in [0, 0.05) is 0 Å². The highest BCUT2D eigenvalue weighted by molar-refractivity contribution is 6.17. The van der Waals surface area contributed by atoms with E-state index in [1.54, 1.807) is 20.8 Å². The fourth-order valence-electron chi connectivity index (χ4n) is 0.858. The number of hydrogen-bond acceptors (Lipinski definition) is 5. The van der Waals surface area contributed by atoms with Gasteiger partial charge in [-0.1, -0.05) is 6.08 Å². The van der Waals surface area contributed by atoms with Crippen LogP contribution in [0.2, 0.25) is 0 Å². The smallest absolute Gasteiger partial charge is 0.341 e. The largest absolute Gasteiger partial charge is 0.462 e. The van der Waals surface area contributed by atoms with Gasteiger partial charge in [0.2, 0.25) is 0 Å². The summed E-state index contributed by atoms with van der Waals surface area (Å²) in [6, 6.07) is 0. The Morgan fingerprint density at radius 1 is 1.13 bits per heavy atom. The van der Waals surface area contributed by atoms with Crippen molar-refractivity contribution in [1.29, 1.82) is 0 Å². The van der Waals surface area contributed by atoms with Gasteiger partial charge in [0.05, 0.1) is 13.2 Å². The lowest BCUT2D eigenvalue weighted by Gasteiger charge is -2.05. The van der Waals surface area contributed by atoms with E-state index in [2.05, 4.69) is 9.78 Å². The minimum absolute atomic E-state index is 0.0171. The van der Waals surface area contributed by atoms with Crippen LogP contribution >= 0.6 is 0 Å². The minimum atomic E-state index is -0.634. The second kappa shape index (κ2) is 8.14. The van der Waals surface area contributed by atoms with Gasteiger partial charge in [-0.3, -0.25) is 4.79 Å². The molecular weight excluding hydrogens is 200 g/mol. The van der Waals surface area contributed by atoms with Crippen molar-refractivity contribution in [3.8, 4) is 0 Å². The van der Waals surface area contributed by atoms with Gasteiger partial charge in [-0.05, 0) is 20.8 Å². The van der Waals surface area contributed by atoms with Crippen LogP contribution in [0.25, 0.3) is 0 Å². The Labute approximate surface area is 88.9 Å². The van der Waals surface area contributed by atoms with Gasteiger partial charge in [0.25, 0.3) is 0 Å². The van der Waals surface area contributed by atoms with Crippen LogP contribution in [0.4, 0.5) is 0 Å². The average Bonchev–Trinajstić information content (AvgIpc) is 2.19. The van der Waals surface area contributed by atoms with Gasteiger partial charge in [0.1, 0.15) is 12.2 Å². The van der Waals surface area contributed by atoms with Crippen molar-refractivity contribution in [2.75, 3.05) is 19.8 Å². The first-order valence-electron chi connectivity index (χ1n) is 4.78. The third kappa shape index (κ3) is 5.29. The van der Waals surface area contributed by atoms with Gasteiger partial charge < -0.3 is 4.74 Å². The molecule has 0 rings (SSSR count). The highest BCUT2D eigenvalue weighted by Gasteiger charge is 2.18. The molecule has 5 heteroatoms. The Morgan fingerprint density at radius 2 is 1.80 bits per heavy atom. The van der Waals surface area contributed by atoms with Crippen molar-refractivity contribution in [1.82, 2.24) is 0 Å². The van der Waals surface area contributed by atoms with E-state index in [-0.39, 0.29) is 18.8 Å². The van der Waals surface area contributed by atoms with Gasteiger partial charge in [0.15, 0.2) is 5.78 Å². The van der Waals surface area contributed by atoms with Crippen molar-refractivity contribution in [3.63, 3.8) is 0 Å². The standard InChI is InChI=1S/C10H16O5/c1-4-8(10(12)13-5-2)9(11)7-15-14-6-3/h4H,5-7H2,1-3H3/b8-4-. The molecule has 0 aromatic carbocycles. The Balaban J connectivity index is 4.18. The summed E-state index contributed by atoms with van der Waals surface area (Å²) in [6.45, 7) is 5.28. The van der Waals surface area contributed by atoms with Crippen LogP contribution in [0.15, 0.2) is 11.6 Å². The monoisotopic (exact) mass is 216 g/mol. The maximum atomic E-state index is 11.4. The summed E-state index contributed by atoms with van der Waals surface area (Å²) in [7, 11) is 0. The van der Waals surface area contributed by atoms with E-state index < -0.39 is 11.8 Å². The predicted molar refractivity (Wildman–Crippen MR) is 53.0 cm³/mol. The predicted octanol–water partition coefficient (Wildman–Crippen LogP) is 1.03. The molecule has 0 aliphatic carbocycles. The fourth-order valence-corrected chi connectivity index (χ4v) is 0.858. The van der Waals surface area contributed by atoms with E-state index in [0.29, 0.717) is 6.61 Å². The number of ether oxygens (including phenoxy) is 1. The molecule has 0 fully saturated rings. The molecule has 0 aromatic heterocycles. The number of allylic oxidation sites excluding steroid dienone is 1. The highest BCUT2D eigenvalue weighted by Crippen LogP contribution is 2.01. The summed E-state index contributed by atoms with van der Waals surface area (Å²) in [5, 5.41) is 0. The first-order valence-corrected chi connectivity index (χ1v) is 4.78.